The van der Waals surface area contributed by atoms with Crippen molar-refractivity contribution >= 4 is 17.8 Å². The quantitative estimate of drug-likeness (QED) is 0.232. The number of carbonyl (C=O) groups is 1. The van der Waals surface area contributed by atoms with Crippen LogP contribution in [0.15, 0.2) is 71.4 Å². The number of aliphatic imine (C=N–C) groups is 1. The van der Waals surface area contributed by atoms with E-state index in [0.717, 1.165) is 28.0 Å². The Morgan fingerprint density at radius 2 is 1.30 bits per heavy atom. The van der Waals surface area contributed by atoms with Gasteiger partial charge in [0, 0.05) is 12.1 Å². The molecule has 0 aromatic heterocycles. The van der Waals surface area contributed by atoms with Gasteiger partial charge in [0.15, 0.2) is 23.0 Å². The van der Waals surface area contributed by atoms with E-state index >= 15 is 0 Å². The van der Waals surface area contributed by atoms with Gasteiger partial charge in [0.2, 0.25) is 0 Å². The third-order valence-corrected chi connectivity index (χ3v) is 6.36. The fraction of sp³-hybridized carbons (Fsp3) is 0.333. The summed E-state index contributed by atoms with van der Waals surface area (Å²) in [5, 5.41) is 0. The van der Waals surface area contributed by atoms with E-state index in [1.54, 1.807) is 11.0 Å². The first-order chi connectivity index (χ1) is 19.5. The molecule has 0 unspecified atom stereocenters. The monoisotopic (exact) mass is 542 g/mol. The lowest BCUT2D eigenvalue weighted by Crippen LogP contribution is -2.34. The number of rotatable bonds is 13. The lowest BCUT2D eigenvalue weighted by Gasteiger charge is -2.19. The molecule has 4 rings (SSSR count). The topological polar surface area (TPSA) is 69.6 Å². The van der Waals surface area contributed by atoms with E-state index in [1.165, 1.54) is 0 Å². The van der Waals surface area contributed by atoms with Crippen LogP contribution < -0.4 is 18.9 Å². The number of nitrogens with zero attached hydrogens (tertiary/aromatic N) is 2. The zero-order chi connectivity index (χ0) is 28.5. The van der Waals surface area contributed by atoms with Crippen LogP contribution in [0.3, 0.4) is 0 Å². The average Bonchev–Trinajstić information content (AvgIpc) is 3.25. The molecule has 7 heteroatoms. The normalized spacial score (nSPS) is 13.9. The molecule has 7 nitrogen and oxygen atoms in total. The standard InChI is InChI=1S/C33H38N2O5/c1-6-37-28-16-12-24(21-30(28)39-8-3)18-19-35-32(26-14-10-23(5)11-15-26)34-27(33(35)36)20-25-13-17-29(38-7-2)31(22-25)40-9-4/h10-17,20-22H,6-9,18-19H2,1-5H3. The minimum absolute atomic E-state index is 0.140. The Bertz CT molecular complexity index is 1380. The smallest absolute Gasteiger partial charge is 0.278 e. The number of hydrogen-bond donors (Lipinski definition) is 0. The van der Waals surface area contributed by atoms with E-state index in [-0.39, 0.29) is 5.91 Å². The van der Waals surface area contributed by atoms with Crippen molar-refractivity contribution in [1.29, 1.82) is 0 Å². The number of amidine groups is 1. The number of hydrogen-bond acceptors (Lipinski definition) is 6. The van der Waals surface area contributed by atoms with Crippen LogP contribution in [0, 0.1) is 6.92 Å². The molecule has 0 spiro atoms. The second kappa shape index (κ2) is 13.7. The summed E-state index contributed by atoms with van der Waals surface area (Å²) in [5.74, 6) is 3.25. The highest BCUT2D eigenvalue weighted by Gasteiger charge is 2.31. The van der Waals surface area contributed by atoms with Crippen molar-refractivity contribution in [3.8, 4) is 23.0 Å². The van der Waals surface area contributed by atoms with Crippen LogP contribution in [0.25, 0.3) is 6.08 Å². The maximum atomic E-state index is 13.7. The Balaban J connectivity index is 1.64. The Morgan fingerprint density at radius 1 is 0.725 bits per heavy atom. The molecule has 210 valence electrons. The maximum Gasteiger partial charge on any atom is 0.278 e. The van der Waals surface area contributed by atoms with Gasteiger partial charge in [0.25, 0.3) is 5.91 Å². The second-order valence-electron chi connectivity index (χ2n) is 9.26. The van der Waals surface area contributed by atoms with Gasteiger partial charge in [0.1, 0.15) is 11.5 Å². The van der Waals surface area contributed by atoms with E-state index in [0.29, 0.717) is 68.2 Å². The molecule has 1 amide bonds. The summed E-state index contributed by atoms with van der Waals surface area (Å²) in [4.78, 5) is 20.3. The van der Waals surface area contributed by atoms with Crippen molar-refractivity contribution < 1.29 is 23.7 Å². The third kappa shape index (κ3) is 6.84. The summed E-state index contributed by atoms with van der Waals surface area (Å²) in [6, 6.07) is 19.7. The highest BCUT2D eigenvalue weighted by molar-refractivity contribution is 6.19. The molecule has 3 aromatic carbocycles. The van der Waals surface area contributed by atoms with Crippen molar-refractivity contribution in [3.63, 3.8) is 0 Å². The van der Waals surface area contributed by atoms with Gasteiger partial charge in [-0.25, -0.2) is 4.99 Å². The van der Waals surface area contributed by atoms with Gasteiger partial charge in [-0.2, -0.15) is 0 Å². The highest BCUT2D eigenvalue weighted by Crippen LogP contribution is 2.32. The van der Waals surface area contributed by atoms with Crippen molar-refractivity contribution in [2.75, 3.05) is 33.0 Å². The van der Waals surface area contributed by atoms with E-state index in [2.05, 4.69) is 0 Å². The zero-order valence-corrected chi connectivity index (χ0v) is 24.0. The Kier molecular flexibility index (Phi) is 9.84. The van der Waals surface area contributed by atoms with E-state index in [1.807, 2.05) is 95.3 Å². The molecule has 0 bridgehead atoms. The average molecular weight is 543 g/mol. The Labute approximate surface area is 237 Å². The molecule has 0 radical (unpaired) electrons. The van der Waals surface area contributed by atoms with Crippen LogP contribution in [-0.2, 0) is 11.2 Å². The van der Waals surface area contributed by atoms with Gasteiger partial charge >= 0.3 is 0 Å². The lowest BCUT2D eigenvalue weighted by molar-refractivity contribution is -0.122. The molecule has 0 aliphatic carbocycles. The number of carbonyl (C=O) groups excluding carboxylic acids is 1. The summed E-state index contributed by atoms with van der Waals surface area (Å²) in [6.07, 6.45) is 2.44. The minimum atomic E-state index is -0.140. The summed E-state index contributed by atoms with van der Waals surface area (Å²) in [6.45, 7) is 12.4. The van der Waals surface area contributed by atoms with Crippen molar-refractivity contribution in [3.05, 3.63) is 88.6 Å². The van der Waals surface area contributed by atoms with E-state index < -0.39 is 0 Å². The van der Waals surface area contributed by atoms with E-state index in [4.69, 9.17) is 23.9 Å². The molecule has 1 aliphatic heterocycles. The van der Waals surface area contributed by atoms with Crippen molar-refractivity contribution in [1.82, 2.24) is 4.90 Å². The molecule has 0 fully saturated rings. The first-order valence-electron chi connectivity index (χ1n) is 13.9. The molecular formula is C33H38N2O5. The highest BCUT2D eigenvalue weighted by atomic mass is 16.5. The zero-order valence-electron chi connectivity index (χ0n) is 24.0. The Morgan fingerprint density at radius 3 is 1.93 bits per heavy atom. The number of amides is 1. The van der Waals surface area contributed by atoms with Crippen molar-refractivity contribution in [2.45, 2.75) is 41.0 Å². The fourth-order valence-electron chi connectivity index (χ4n) is 4.49. The van der Waals surface area contributed by atoms with Gasteiger partial charge in [-0.15, -0.1) is 0 Å². The van der Waals surface area contributed by atoms with Gasteiger partial charge in [-0.1, -0.05) is 42.0 Å². The molecule has 0 N–H and O–H groups in total. The molecular weight excluding hydrogens is 504 g/mol. The molecule has 1 heterocycles. The first kappa shape index (κ1) is 28.7. The van der Waals surface area contributed by atoms with Gasteiger partial charge in [-0.3, -0.25) is 9.69 Å². The number of aryl methyl sites for hydroxylation is 1. The number of ether oxygens (including phenoxy) is 4. The van der Waals surface area contributed by atoms with Crippen LogP contribution in [0.4, 0.5) is 0 Å². The molecule has 0 saturated heterocycles. The van der Waals surface area contributed by atoms with Gasteiger partial charge in [0.05, 0.1) is 26.4 Å². The second-order valence-corrected chi connectivity index (χ2v) is 9.26. The minimum Gasteiger partial charge on any atom is -0.490 e. The van der Waals surface area contributed by atoms with Gasteiger partial charge < -0.3 is 18.9 Å². The van der Waals surface area contributed by atoms with Crippen LogP contribution >= 0.6 is 0 Å². The van der Waals surface area contributed by atoms with Crippen molar-refractivity contribution in [2.24, 2.45) is 4.99 Å². The maximum absolute atomic E-state index is 13.7. The van der Waals surface area contributed by atoms with Crippen LogP contribution in [0.2, 0.25) is 0 Å². The fourth-order valence-corrected chi connectivity index (χ4v) is 4.49. The van der Waals surface area contributed by atoms with Crippen LogP contribution in [0.5, 0.6) is 23.0 Å². The molecule has 0 saturated carbocycles. The summed E-state index contributed by atoms with van der Waals surface area (Å²) < 4.78 is 23.0. The Hall–Kier alpha value is -4.26. The summed E-state index contributed by atoms with van der Waals surface area (Å²) in [7, 11) is 0. The van der Waals surface area contributed by atoms with Crippen LogP contribution in [-0.4, -0.2) is 49.6 Å². The third-order valence-electron chi connectivity index (χ3n) is 6.36. The van der Waals surface area contributed by atoms with Gasteiger partial charge in [-0.05, 0) is 82.5 Å². The molecule has 3 aromatic rings. The SMILES string of the molecule is CCOc1ccc(C=C2N=C(c3ccc(C)cc3)N(CCc3ccc(OCC)c(OCC)c3)C2=O)cc1OCC. The largest absolute Gasteiger partial charge is 0.490 e. The number of benzene rings is 3. The summed E-state index contributed by atoms with van der Waals surface area (Å²) in [5.41, 5.74) is 4.28. The molecule has 0 atom stereocenters. The first-order valence-corrected chi connectivity index (χ1v) is 13.9. The lowest BCUT2D eigenvalue weighted by atomic mass is 10.1. The molecule has 40 heavy (non-hydrogen) atoms. The van der Waals surface area contributed by atoms with Crippen LogP contribution in [0.1, 0.15) is 49.9 Å². The summed E-state index contributed by atoms with van der Waals surface area (Å²) >= 11 is 0. The van der Waals surface area contributed by atoms with E-state index in [9.17, 15) is 4.79 Å². The molecule has 1 aliphatic rings. The predicted molar refractivity (Wildman–Crippen MR) is 159 cm³/mol. The predicted octanol–water partition coefficient (Wildman–Crippen LogP) is 6.46.